The van der Waals surface area contributed by atoms with Gasteiger partial charge in [-0.1, -0.05) is 30.9 Å². The third-order valence-electron chi connectivity index (χ3n) is 6.13. The van der Waals surface area contributed by atoms with Gasteiger partial charge in [-0.05, 0) is 56.3 Å². The third-order valence-corrected chi connectivity index (χ3v) is 6.13. The molecule has 1 aromatic heterocycles. The molecule has 1 saturated carbocycles. The van der Waals surface area contributed by atoms with E-state index in [1.165, 1.54) is 6.42 Å². The van der Waals surface area contributed by atoms with Gasteiger partial charge < -0.3 is 15.2 Å². The molecule has 5 nitrogen and oxygen atoms in total. The van der Waals surface area contributed by atoms with E-state index >= 15 is 0 Å². The van der Waals surface area contributed by atoms with Gasteiger partial charge in [0.1, 0.15) is 0 Å². The maximum absolute atomic E-state index is 13.3. The number of aryl methyl sites for hydroxylation is 1. The summed E-state index contributed by atoms with van der Waals surface area (Å²) in [5.74, 6) is 0.369. The van der Waals surface area contributed by atoms with Gasteiger partial charge in [-0.2, -0.15) is 0 Å². The quantitative estimate of drug-likeness (QED) is 0.873. The highest BCUT2D eigenvalue weighted by Gasteiger charge is 2.32. The van der Waals surface area contributed by atoms with Crippen molar-refractivity contribution >= 4 is 16.8 Å². The second kappa shape index (κ2) is 7.85. The van der Waals surface area contributed by atoms with Crippen LogP contribution in [-0.2, 0) is 11.3 Å². The summed E-state index contributed by atoms with van der Waals surface area (Å²) in [5, 5.41) is 4.40. The van der Waals surface area contributed by atoms with Crippen molar-refractivity contribution in [3.63, 3.8) is 0 Å². The molecule has 1 atom stereocenters. The molecule has 0 radical (unpaired) electrons. The molecule has 0 bridgehead atoms. The van der Waals surface area contributed by atoms with Gasteiger partial charge in [-0.3, -0.25) is 9.59 Å². The van der Waals surface area contributed by atoms with Crippen molar-refractivity contribution in [1.82, 2.24) is 15.2 Å². The highest BCUT2D eigenvalue weighted by Crippen LogP contribution is 2.27. The Bertz CT molecular complexity index is 877. The van der Waals surface area contributed by atoms with Gasteiger partial charge in [0.25, 0.3) is 5.56 Å². The van der Waals surface area contributed by atoms with Crippen molar-refractivity contribution in [1.29, 1.82) is 0 Å². The van der Waals surface area contributed by atoms with Crippen molar-refractivity contribution in [2.24, 2.45) is 5.92 Å². The minimum atomic E-state index is -0.0845. The first-order valence-electron chi connectivity index (χ1n) is 10.3. The van der Waals surface area contributed by atoms with Crippen LogP contribution in [0.1, 0.15) is 49.7 Å². The molecule has 1 aliphatic heterocycles. The second-order valence-corrected chi connectivity index (χ2v) is 8.16. The Kier molecular flexibility index (Phi) is 5.30. The Balaban J connectivity index is 1.64. The zero-order chi connectivity index (χ0) is 18.8. The van der Waals surface area contributed by atoms with Crippen LogP contribution in [0, 0.1) is 12.8 Å². The van der Waals surface area contributed by atoms with Crippen LogP contribution >= 0.6 is 0 Å². The third kappa shape index (κ3) is 3.93. The largest absolute Gasteiger partial charge is 0.334 e. The van der Waals surface area contributed by atoms with Crippen molar-refractivity contribution in [2.45, 2.75) is 58.0 Å². The lowest BCUT2D eigenvalue weighted by molar-refractivity contribution is -0.139. The van der Waals surface area contributed by atoms with Crippen LogP contribution in [-0.4, -0.2) is 34.9 Å². The molecule has 2 heterocycles. The van der Waals surface area contributed by atoms with Crippen molar-refractivity contribution in [3.8, 4) is 0 Å². The number of aromatic amines is 1. The molecule has 2 N–H and O–H groups in total. The van der Waals surface area contributed by atoms with Gasteiger partial charge in [0.2, 0.25) is 5.91 Å². The first-order valence-corrected chi connectivity index (χ1v) is 10.3. The Morgan fingerprint density at radius 3 is 2.70 bits per heavy atom. The molecule has 1 aromatic carbocycles. The Hall–Kier alpha value is -2.14. The summed E-state index contributed by atoms with van der Waals surface area (Å²) >= 11 is 0. The highest BCUT2D eigenvalue weighted by atomic mass is 16.2. The van der Waals surface area contributed by atoms with Gasteiger partial charge in [0.05, 0.1) is 6.54 Å². The lowest BCUT2D eigenvalue weighted by Gasteiger charge is -2.33. The molecule has 1 saturated heterocycles. The topological polar surface area (TPSA) is 65.2 Å². The highest BCUT2D eigenvalue weighted by molar-refractivity contribution is 5.81. The summed E-state index contributed by atoms with van der Waals surface area (Å²) in [4.78, 5) is 30.9. The lowest BCUT2D eigenvalue weighted by atomic mass is 9.87. The lowest BCUT2D eigenvalue weighted by Crippen LogP contribution is -2.45. The smallest absolute Gasteiger partial charge is 0.253 e. The number of amides is 1. The van der Waals surface area contributed by atoms with Gasteiger partial charge in [0, 0.05) is 29.6 Å². The van der Waals surface area contributed by atoms with E-state index in [0.29, 0.717) is 12.1 Å². The summed E-state index contributed by atoms with van der Waals surface area (Å²) in [7, 11) is 0. The fraction of sp³-hybridized carbons (Fsp3) is 0.545. The number of hydrogen-bond donors (Lipinski definition) is 2. The van der Waals surface area contributed by atoms with E-state index in [-0.39, 0.29) is 23.4 Å². The van der Waals surface area contributed by atoms with Gasteiger partial charge in [-0.25, -0.2) is 0 Å². The fourth-order valence-corrected chi connectivity index (χ4v) is 4.55. The number of carbonyl (C=O) groups excluding carboxylic acids is 1. The van der Waals surface area contributed by atoms with E-state index in [1.54, 1.807) is 0 Å². The van der Waals surface area contributed by atoms with Crippen LogP contribution < -0.4 is 10.9 Å². The van der Waals surface area contributed by atoms with E-state index < -0.39 is 0 Å². The zero-order valence-corrected chi connectivity index (χ0v) is 16.1. The maximum Gasteiger partial charge on any atom is 0.253 e. The van der Waals surface area contributed by atoms with E-state index in [0.717, 1.165) is 61.7 Å². The van der Waals surface area contributed by atoms with E-state index in [9.17, 15) is 9.59 Å². The molecule has 2 aromatic rings. The number of fused-ring (bicyclic) bond motifs is 1. The first kappa shape index (κ1) is 18.2. The number of nitrogens with zero attached hydrogens (tertiary/aromatic N) is 1. The minimum Gasteiger partial charge on any atom is -0.334 e. The number of aromatic nitrogens is 1. The average Bonchev–Trinajstić information content (AvgIpc) is 3.21. The summed E-state index contributed by atoms with van der Waals surface area (Å²) in [6.07, 6.45) is 6.46. The zero-order valence-electron chi connectivity index (χ0n) is 16.1. The van der Waals surface area contributed by atoms with Crippen LogP contribution in [0.4, 0.5) is 0 Å². The Morgan fingerprint density at radius 1 is 1.15 bits per heavy atom. The van der Waals surface area contributed by atoms with E-state index in [1.807, 2.05) is 30.0 Å². The predicted octanol–water partition coefficient (Wildman–Crippen LogP) is 3.11. The molecule has 5 heteroatoms. The van der Waals surface area contributed by atoms with Gasteiger partial charge in [0.15, 0.2) is 0 Å². The number of pyridine rings is 1. The molecule has 144 valence electrons. The van der Waals surface area contributed by atoms with Crippen molar-refractivity contribution < 1.29 is 4.79 Å². The van der Waals surface area contributed by atoms with Crippen LogP contribution in [0.25, 0.3) is 10.9 Å². The molecule has 0 spiro atoms. The average molecular weight is 367 g/mol. The molecule has 4 rings (SSSR count). The minimum absolute atomic E-state index is 0.0845. The van der Waals surface area contributed by atoms with Crippen LogP contribution in [0.3, 0.4) is 0 Å². The molecule has 2 fully saturated rings. The van der Waals surface area contributed by atoms with Crippen LogP contribution in [0.15, 0.2) is 29.1 Å². The number of hydrogen-bond acceptors (Lipinski definition) is 3. The standard InChI is InChI=1S/C22H29N3O2/c1-15-7-8-20-17(11-15)12-18(21(26)24-20)14-25(19-9-10-23-13-19)22(27)16-5-3-2-4-6-16/h7-8,11-12,16,19,23H,2-6,9-10,13-14H2,1H3,(H,24,26)/t19-/m1/s1. The second-order valence-electron chi connectivity index (χ2n) is 8.16. The molecular formula is C22H29N3O2. The number of carbonyl (C=O) groups is 1. The van der Waals surface area contributed by atoms with E-state index in [2.05, 4.69) is 16.4 Å². The van der Waals surface area contributed by atoms with Crippen LogP contribution in [0.2, 0.25) is 0 Å². The van der Waals surface area contributed by atoms with E-state index in [4.69, 9.17) is 0 Å². The number of H-pyrrole nitrogens is 1. The van der Waals surface area contributed by atoms with Gasteiger partial charge >= 0.3 is 0 Å². The van der Waals surface area contributed by atoms with Crippen LogP contribution in [0.5, 0.6) is 0 Å². The SMILES string of the molecule is Cc1ccc2[nH]c(=O)c(CN(C(=O)C3CCCCC3)[C@@H]3CCNC3)cc2c1. The molecule has 1 aliphatic carbocycles. The molecule has 27 heavy (non-hydrogen) atoms. The maximum atomic E-state index is 13.3. The number of rotatable bonds is 4. The number of benzene rings is 1. The molecule has 1 amide bonds. The monoisotopic (exact) mass is 367 g/mol. The van der Waals surface area contributed by atoms with Crippen molar-refractivity contribution in [2.75, 3.05) is 13.1 Å². The molecular weight excluding hydrogens is 338 g/mol. The molecule has 2 aliphatic rings. The normalized spacial score (nSPS) is 20.9. The number of nitrogens with one attached hydrogen (secondary N) is 2. The van der Waals surface area contributed by atoms with Crippen molar-refractivity contribution in [3.05, 3.63) is 45.7 Å². The summed E-state index contributed by atoms with van der Waals surface area (Å²) in [5.41, 5.74) is 2.61. The van der Waals surface area contributed by atoms with Gasteiger partial charge in [-0.15, -0.1) is 0 Å². The Morgan fingerprint density at radius 2 is 1.96 bits per heavy atom. The first-order chi connectivity index (χ1) is 13.1. The summed E-state index contributed by atoms with van der Waals surface area (Å²) < 4.78 is 0. The summed E-state index contributed by atoms with van der Waals surface area (Å²) in [6.45, 7) is 4.21. The fourth-order valence-electron chi connectivity index (χ4n) is 4.55. The molecule has 0 unspecified atom stereocenters. The Labute approximate surface area is 160 Å². The summed E-state index contributed by atoms with van der Waals surface area (Å²) in [6, 6.07) is 8.18. The predicted molar refractivity (Wildman–Crippen MR) is 108 cm³/mol.